The number of sulfone groups is 1. The summed E-state index contributed by atoms with van der Waals surface area (Å²) < 4.78 is 28.2. The molecule has 1 amide bonds. The van der Waals surface area contributed by atoms with Gasteiger partial charge < -0.3 is 10.1 Å². The second-order valence-corrected chi connectivity index (χ2v) is 9.00. The van der Waals surface area contributed by atoms with Crippen LogP contribution in [0.5, 0.6) is 0 Å². The number of carbonyl (C=O) groups excluding carboxylic acids is 1. The van der Waals surface area contributed by atoms with Crippen molar-refractivity contribution in [2.75, 3.05) is 64.0 Å². The Morgan fingerprint density at radius 1 is 1.13 bits per heavy atom. The van der Waals surface area contributed by atoms with E-state index < -0.39 is 9.84 Å². The van der Waals surface area contributed by atoms with Gasteiger partial charge in [0.15, 0.2) is 9.84 Å². The first-order chi connectivity index (χ1) is 10.9. The fraction of sp³-hybridized carbons (Fsp3) is 0.933. The van der Waals surface area contributed by atoms with E-state index in [-0.39, 0.29) is 24.0 Å². The molecule has 0 aromatic heterocycles. The van der Waals surface area contributed by atoms with Crippen molar-refractivity contribution in [2.45, 2.75) is 19.9 Å². The fourth-order valence-electron chi connectivity index (χ4n) is 3.08. The maximum absolute atomic E-state index is 12.1. The number of hydrogen-bond donors (Lipinski definition) is 1. The van der Waals surface area contributed by atoms with Crippen molar-refractivity contribution in [3.63, 3.8) is 0 Å². The molecular weight excluding hydrogens is 318 g/mol. The van der Waals surface area contributed by atoms with E-state index in [0.29, 0.717) is 31.6 Å². The van der Waals surface area contributed by atoms with Gasteiger partial charge in [-0.2, -0.15) is 0 Å². The molecule has 1 N–H and O–H groups in total. The Bertz CT molecular complexity index is 475. The van der Waals surface area contributed by atoms with Crippen LogP contribution in [-0.2, 0) is 19.4 Å². The van der Waals surface area contributed by atoms with Gasteiger partial charge in [0.1, 0.15) is 0 Å². The highest BCUT2D eigenvalue weighted by molar-refractivity contribution is 7.91. The van der Waals surface area contributed by atoms with Crippen molar-refractivity contribution >= 4 is 15.7 Å². The lowest BCUT2D eigenvalue weighted by Crippen LogP contribution is -2.52. The highest BCUT2D eigenvalue weighted by atomic mass is 32.2. The van der Waals surface area contributed by atoms with Crippen LogP contribution in [0.3, 0.4) is 0 Å². The van der Waals surface area contributed by atoms with E-state index >= 15 is 0 Å². The summed E-state index contributed by atoms with van der Waals surface area (Å²) in [5, 5.41) is 3.02. The minimum Gasteiger partial charge on any atom is -0.379 e. The van der Waals surface area contributed by atoms with Crippen molar-refractivity contribution < 1.29 is 17.9 Å². The number of carbonyl (C=O) groups is 1. The summed E-state index contributed by atoms with van der Waals surface area (Å²) in [6, 6.07) is 0.310. The zero-order chi connectivity index (χ0) is 16.9. The molecule has 0 aliphatic carbocycles. The van der Waals surface area contributed by atoms with Gasteiger partial charge in [-0.1, -0.05) is 13.8 Å². The van der Waals surface area contributed by atoms with Gasteiger partial charge >= 0.3 is 0 Å². The van der Waals surface area contributed by atoms with Crippen molar-refractivity contribution in [1.82, 2.24) is 15.1 Å². The SMILES string of the molecule is CC(C)C(CNC(=O)CN1CCS(=O)(=O)CC1)N1CCOCC1. The molecule has 2 aliphatic rings. The van der Waals surface area contributed by atoms with Crippen LogP contribution in [0.2, 0.25) is 0 Å². The molecule has 0 radical (unpaired) electrons. The minimum atomic E-state index is -2.89. The van der Waals surface area contributed by atoms with Crippen LogP contribution in [0, 0.1) is 5.92 Å². The lowest BCUT2D eigenvalue weighted by molar-refractivity contribution is -0.122. The normalized spacial score (nSPS) is 24.5. The molecule has 1 atom stereocenters. The number of nitrogens with one attached hydrogen (secondary N) is 1. The third kappa shape index (κ3) is 6.02. The minimum absolute atomic E-state index is 0.0248. The van der Waals surface area contributed by atoms with Crippen LogP contribution >= 0.6 is 0 Å². The van der Waals surface area contributed by atoms with Gasteiger partial charge in [0.05, 0.1) is 31.3 Å². The predicted octanol–water partition coefficient (Wildman–Crippen LogP) is -0.810. The molecule has 134 valence electrons. The summed E-state index contributed by atoms with van der Waals surface area (Å²) in [6.07, 6.45) is 0. The summed E-state index contributed by atoms with van der Waals surface area (Å²) in [7, 11) is -2.89. The summed E-state index contributed by atoms with van der Waals surface area (Å²) >= 11 is 0. The molecule has 0 bridgehead atoms. The molecule has 2 saturated heterocycles. The van der Waals surface area contributed by atoms with E-state index in [9.17, 15) is 13.2 Å². The third-order valence-corrected chi connectivity index (χ3v) is 6.21. The predicted molar refractivity (Wildman–Crippen MR) is 89.1 cm³/mol. The first-order valence-corrected chi connectivity index (χ1v) is 10.2. The Balaban J connectivity index is 1.75. The van der Waals surface area contributed by atoms with Gasteiger partial charge in [0, 0.05) is 38.8 Å². The van der Waals surface area contributed by atoms with Crippen LogP contribution in [0.1, 0.15) is 13.8 Å². The van der Waals surface area contributed by atoms with Crippen LogP contribution in [0.4, 0.5) is 0 Å². The zero-order valence-electron chi connectivity index (χ0n) is 14.2. The Hall–Kier alpha value is -0.700. The number of ether oxygens (including phenoxy) is 1. The van der Waals surface area contributed by atoms with Crippen LogP contribution in [0.15, 0.2) is 0 Å². The van der Waals surface area contributed by atoms with Crippen molar-refractivity contribution in [3.05, 3.63) is 0 Å². The molecule has 2 rings (SSSR count). The number of hydrogen-bond acceptors (Lipinski definition) is 6. The van der Waals surface area contributed by atoms with Gasteiger partial charge in [0.2, 0.25) is 5.91 Å². The quantitative estimate of drug-likeness (QED) is 0.677. The van der Waals surface area contributed by atoms with Gasteiger partial charge in [-0.3, -0.25) is 14.6 Å². The second kappa shape index (κ2) is 8.41. The second-order valence-electron chi connectivity index (χ2n) is 6.69. The number of amides is 1. The molecule has 2 aliphatic heterocycles. The third-order valence-electron chi connectivity index (χ3n) is 4.60. The van der Waals surface area contributed by atoms with Gasteiger partial charge in [-0.05, 0) is 5.92 Å². The zero-order valence-corrected chi connectivity index (χ0v) is 15.0. The number of nitrogens with zero attached hydrogens (tertiary/aromatic N) is 2. The van der Waals surface area contributed by atoms with Gasteiger partial charge in [-0.15, -0.1) is 0 Å². The maximum Gasteiger partial charge on any atom is 0.234 e. The van der Waals surface area contributed by atoms with E-state index in [1.165, 1.54) is 0 Å². The summed E-state index contributed by atoms with van der Waals surface area (Å²) in [5.41, 5.74) is 0. The Morgan fingerprint density at radius 3 is 2.30 bits per heavy atom. The molecule has 0 saturated carbocycles. The summed E-state index contributed by atoms with van der Waals surface area (Å²) in [5.74, 6) is 0.738. The highest BCUT2D eigenvalue weighted by Gasteiger charge is 2.26. The van der Waals surface area contributed by atoms with Crippen molar-refractivity contribution in [2.24, 2.45) is 5.92 Å². The number of rotatable bonds is 6. The summed E-state index contributed by atoms with van der Waals surface area (Å²) in [4.78, 5) is 16.4. The molecule has 23 heavy (non-hydrogen) atoms. The molecule has 2 fully saturated rings. The largest absolute Gasteiger partial charge is 0.379 e. The molecule has 0 aromatic rings. The van der Waals surface area contributed by atoms with E-state index in [4.69, 9.17) is 4.74 Å². The Morgan fingerprint density at radius 2 is 1.74 bits per heavy atom. The first-order valence-electron chi connectivity index (χ1n) is 8.38. The average molecular weight is 347 g/mol. The average Bonchev–Trinajstić information content (AvgIpc) is 2.50. The van der Waals surface area contributed by atoms with Crippen molar-refractivity contribution in [1.29, 1.82) is 0 Å². The topological polar surface area (TPSA) is 79.0 Å². The van der Waals surface area contributed by atoms with Crippen LogP contribution in [-0.4, -0.2) is 94.2 Å². The lowest BCUT2D eigenvalue weighted by Gasteiger charge is -2.37. The molecule has 7 nitrogen and oxygen atoms in total. The molecular formula is C15H29N3O4S. The Labute approximate surface area is 139 Å². The lowest BCUT2D eigenvalue weighted by atomic mass is 10.0. The number of morpholine rings is 1. The molecule has 0 aromatic carbocycles. The molecule has 8 heteroatoms. The molecule has 2 heterocycles. The van der Waals surface area contributed by atoms with E-state index in [1.807, 2.05) is 4.90 Å². The van der Waals surface area contributed by atoms with Crippen LogP contribution in [0.25, 0.3) is 0 Å². The standard InChI is InChI=1S/C15H29N3O4S/c1-13(2)14(18-3-7-22-8-4-18)11-16-15(19)12-17-5-9-23(20,21)10-6-17/h13-14H,3-12H2,1-2H3,(H,16,19). The first kappa shape index (κ1) is 18.6. The molecule has 1 unspecified atom stereocenters. The Kier molecular flexibility index (Phi) is 6.82. The smallest absolute Gasteiger partial charge is 0.234 e. The maximum atomic E-state index is 12.1. The summed E-state index contributed by atoms with van der Waals surface area (Å²) in [6.45, 7) is 9.46. The fourth-order valence-corrected chi connectivity index (χ4v) is 4.36. The monoisotopic (exact) mass is 347 g/mol. The van der Waals surface area contributed by atoms with E-state index in [0.717, 1.165) is 26.3 Å². The van der Waals surface area contributed by atoms with E-state index in [2.05, 4.69) is 24.1 Å². The molecule has 0 spiro atoms. The van der Waals surface area contributed by atoms with Gasteiger partial charge in [0.25, 0.3) is 0 Å². The highest BCUT2D eigenvalue weighted by Crippen LogP contribution is 2.12. The van der Waals surface area contributed by atoms with Crippen LogP contribution < -0.4 is 5.32 Å². The van der Waals surface area contributed by atoms with Crippen molar-refractivity contribution in [3.8, 4) is 0 Å². The van der Waals surface area contributed by atoms with E-state index in [1.54, 1.807) is 0 Å². The van der Waals surface area contributed by atoms with Gasteiger partial charge in [-0.25, -0.2) is 8.42 Å².